The zero-order valence-corrected chi connectivity index (χ0v) is 20.7. The molecule has 0 nitrogen and oxygen atoms in total. The predicted molar refractivity (Wildman–Crippen MR) is 132 cm³/mol. The fraction of sp³-hybridized carbons (Fsp3) is 0.556. The molecule has 34 heavy (non-hydrogen) atoms. The van der Waals surface area contributed by atoms with Gasteiger partial charge in [-0.2, -0.15) is 22.0 Å². The smallest absolute Gasteiger partial charge is 0.236 e. The third kappa shape index (κ3) is 7.73. The second-order valence-electron chi connectivity index (χ2n) is 8.89. The lowest BCUT2D eigenvalue weighted by molar-refractivity contribution is -0.135. The molecule has 190 valence electrons. The van der Waals surface area contributed by atoms with Crippen LogP contribution in [-0.2, 0) is 0 Å². The van der Waals surface area contributed by atoms with Crippen LogP contribution in [0.5, 0.6) is 0 Å². The molecule has 0 aliphatic carbocycles. The summed E-state index contributed by atoms with van der Waals surface area (Å²) in [6, 6.07) is 17.2. The summed E-state index contributed by atoms with van der Waals surface area (Å²) in [7, 11) is -3.44. The molecule has 0 saturated heterocycles. The average Bonchev–Trinajstić information content (AvgIpc) is 2.81. The van der Waals surface area contributed by atoms with Gasteiger partial charge in [0.1, 0.15) is 10.6 Å². The Balaban J connectivity index is 2.28. The maximum absolute atomic E-state index is 16.3. The Hall–Kier alpha value is -1.55. The standard InChI is InChI=1S/C27H36F6P/c1-2-3-4-15-22-34(23-16-9-7-10-17-23,24-18-11-8-12-19-24)27(32,33)25(28)20-13-5-6-14-21-26(29,30)31/h7-12,16-19,25H,2-6,13-15,20-22H2,1H3/q+1. The lowest BCUT2D eigenvalue weighted by Gasteiger charge is -2.35. The van der Waals surface area contributed by atoms with E-state index in [4.69, 9.17) is 0 Å². The van der Waals surface area contributed by atoms with Crippen LogP contribution in [0.1, 0.15) is 71.1 Å². The molecule has 0 spiro atoms. The quantitative estimate of drug-likeness (QED) is 0.129. The van der Waals surface area contributed by atoms with Crippen LogP contribution in [0, 0.1) is 0 Å². The minimum Gasteiger partial charge on any atom is -0.236 e. The lowest BCUT2D eigenvalue weighted by Crippen LogP contribution is -2.44. The predicted octanol–water partition coefficient (Wildman–Crippen LogP) is 9.07. The lowest BCUT2D eigenvalue weighted by atomic mass is 10.1. The van der Waals surface area contributed by atoms with Crippen LogP contribution in [0.2, 0.25) is 0 Å². The van der Waals surface area contributed by atoms with E-state index in [1.807, 2.05) is 0 Å². The third-order valence-corrected chi connectivity index (χ3v) is 10.9. The summed E-state index contributed by atoms with van der Waals surface area (Å²) < 4.78 is 84.9. The van der Waals surface area contributed by atoms with E-state index in [2.05, 4.69) is 6.92 Å². The minimum atomic E-state index is -4.22. The van der Waals surface area contributed by atoms with Crippen LogP contribution in [0.3, 0.4) is 0 Å². The van der Waals surface area contributed by atoms with Crippen molar-refractivity contribution in [2.24, 2.45) is 0 Å². The van der Waals surface area contributed by atoms with Crippen LogP contribution < -0.4 is 10.6 Å². The second-order valence-corrected chi connectivity index (χ2v) is 12.6. The third-order valence-electron chi connectivity index (χ3n) is 6.29. The summed E-state index contributed by atoms with van der Waals surface area (Å²) in [5, 5.41) is 0.992. The number of benzene rings is 2. The molecule has 0 heterocycles. The molecule has 0 aliphatic rings. The molecule has 0 aromatic heterocycles. The first-order chi connectivity index (χ1) is 16.1. The van der Waals surface area contributed by atoms with Gasteiger partial charge in [0, 0.05) is 6.42 Å². The molecule has 0 saturated carbocycles. The van der Waals surface area contributed by atoms with Gasteiger partial charge in [0.2, 0.25) is 6.17 Å². The van der Waals surface area contributed by atoms with Crippen LogP contribution in [-0.4, -0.2) is 24.2 Å². The van der Waals surface area contributed by atoms with Crippen molar-refractivity contribution >= 4 is 17.9 Å². The minimum absolute atomic E-state index is 0.0563. The number of halogens is 6. The van der Waals surface area contributed by atoms with E-state index < -0.39 is 31.7 Å². The number of unbranched alkanes of at least 4 members (excludes halogenated alkanes) is 6. The molecule has 2 rings (SSSR count). The van der Waals surface area contributed by atoms with Crippen molar-refractivity contribution in [2.75, 3.05) is 6.16 Å². The van der Waals surface area contributed by atoms with Gasteiger partial charge in [0.05, 0.1) is 6.16 Å². The van der Waals surface area contributed by atoms with Crippen molar-refractivity contribution in [3.63, 3.8) is 0 Å². The molecule has 1 atom stereocenters. The van der Waals surface area contributed by atoms with E-state index >= 15 is 13.2 Å². The first kappa shape index (κ1) is 28.7. The van der Waals surface area contributed by atoms with Gasteiger partial charge < -0.3 is 0 Å². The zero-order valence-electron chi connectivity index (χ0n) is 19.8. The van der Waals surface area contributed by atoms with Crippen molar-refractivity contribution in [2.45, 2.75) is 89.1 Å². The molecule has 2 aromatic carbocycles. The van der Waals surface area contributed by atoms with Crippen LogP contribution in [0.15, 0.2) is 60.7 Å². The molecule has 0 radical (unpaired) electrons. The first-order valence-corrected chi connectivity index (χ1v) is 14.2. The van der Waals surface area contributed by atoms with E-state index in [0.29, 0.717) is 23.5 Å². The molecule has 0 bridgehead atoms. The van der Waals surface area contributed by atoms with Crippen molar-refractivity contribution in [3.05, 3.63) is 60.7 Å². The van der Waals surface area contributed by atoms with E-state index in [-0.39, 0.29) is 31.8 Å². The first-order valence-electron chi connectivity index (χ1n) is 12.2. The Morgan fingerprint density at radius 1 is 0.676 bits per heavy atom. The molecule has 0 amide bonds. The van der Waals surface area contributed by atoms with E-state index in [1.54, 1.807) is 60.7 Å². The highest BCUT2D eigenvalue weighted by molar-refractivity contribution is 7.90. The van der Waals surface area contributed by atoms with Gasteiger partial charge in [-0.15, -0.1) is 0 Å². The summed E-state index contributed by atoms with van der Waals surface area (Å²) >= 11 is 0. The number of hydrogen-bond acceptors (Lipinski definition) is 0. The molecular weight excluding hydrogens is 469 g/mol. The molecule has 7 heteroatoms. The van der Waals surface area contributed by atoms with Gasteiger partial charge in [0.15, 0.2) is 7.26 Å². The highest BCUT2D eigenvalue weighted by Crippen LogP contribution is 2.70. The van der Waals surface area contributed by atoms with E-state index in [9.17, 15) is 13.2 Å². The second kappa shape index (κ2) is 13.5. The molecule has 0 fully saturated rings. The number of hydrogen-bond donors (Lipinski definition) is 0. The summed E-state index contributed by atoms with van der Waals surface area (Å²) in [6.45, 7) is 2.05. The SMILES string of the molecule is CCCCCC[P+](c1ccccc1)(c1ccccc1)C(F)(F)C(F)CCCCCCC(F)(F)F. The molecular formula is C27H36F6P+. The van der Waals surface area contributed by atoms with Crippen molar-refractivity contribution in [3.8, 4) is 0 Å². The fourth-order valence-electron chi connectivity index (χ4n) is 4.46. The monoisotopic (exact) mass is 505 g/mol. The highest BCUT2D eigenvalue weighted by Gasteiger charge is 2.67. The summed E-state index contributed by atoms with van der Waals surface area (Å²) in [4.78, 5) is 0. The van der Waals surface area contributed by atoms with E-state index in [1.165, 1.54) is 0 Å². The van der Waals surface area contributed by atoms with Gasteiger partial charge >= 0.3 is 11.8 Å². The van der Waals surface area contributed by atoms with Gasteiger partial charge in [-0.05, 0) is 49.9 Å². The highest BCUT2D eigenvalue weighted by atomic mass is 31.2. The van der Waals surface area contributed by atoms with Gasteiger partial charge in [-0.3, -0.25) is 0 Å². The van der Waals surface area contributed by atoms with Gasteiger partial charge in [-0.1, -0.05) is 75.4 Å². The van der Waals surface area contributed by atoms with Crippen molar-refractivity contribution < 1.29 is 26.3 Å². The number of alkyl halides is 6. The van der Waals surface area contributed by atoms with Crippen LogP contribution >= 0.6 is 7.26 Å². The largest absolute Gasteiger partial charge is 0.393 e. The molecule has 1 unspecified atom stereocenters. The maximum atomic E-state index is 16.3. The molecule has 2 aromatic rings. The topological polar surface area (TPSA) is 0 Å². The van der Waals surface area contributed by atoms with Gasteiger partial charge in [0.25, 0.3) is 0 Å². The maximum Gasteiger partial charge on any atom is 0.393 e. The zero-order chi connectivity index (χ0) is 25.1. The van der Waals surface area contributed by atoms with Gasteiger partial charge in [-0.25, -0.2) is 4.39 Å². The average molecular weight is 506 g/mol. The Bertz CT molecular complexity index is 767. The van der Waals surface area contributed by atoms with E-state index in [0.717, 1.165) is 19.3 Å². The normalized spacial score (nSPS) is 13.7. The Morgan fingerprint density at radius 2 is 1.18 bits per heavy atom. The molecule has 0 N–H and O–H groups in total. The summed E-state index contributed by atoms with van der Waals surface area (Å²) in [5.74, 6) is 0. The van der Waals surface area contributed by atoms with Crippen molar-refractivity contribution in [1.29, 1.82) is 0 Å². The van der Waals surface area contributed by atoms with Crippen LogP contribution in [0.25, 0.3) is 0 Å². The number of rotatable bonds is 15. The van der Waals surface area contributed by atoms with Crippen molar-refractivity contribution in [1.82, 2.24) is 0 Å². The Labute approximate surface area is 200 Å². The summed E-state index contributed by atoms with van der Waals surface area (Å²) in [5.41, 5.74) is -3.58. The Morgan fingerprint density at radius 3 is 1.68 bits per heavy atom. The van der Waals surface area contributed by atoms with Crippen LogP contribution in [0.4, 0.5) is 26.3 Å². The fourth-order valence-corrected chi connectivity index (χ4v) is 8.93. The summed E-state index contributed by atoms with van der Waals surface area (Å²) in [6.07, 6.45) is -3.63. The molecule has 0 aliphatic heterocycles. The Kier molecular flexibility index (Phi) is 11.4.